The third-order valence-electron chi connectivity index (χ3n) is 5.64. The number of ether oxygens (including phenoxy) is 1. The summed E-state index contributed by atoms with van der Waals surface area (Å²) in [5.74, 6) is -0.569. The van der Waals surface area contributed by atoms with Gasteiger partial charge in [-0.1, -0.05) is 24.3 Å². The number of carbonyl (C=O) groups excluding carboxylic acids is 1. The second-order valence-electron chi connectivity index (χ2n) is 7.33. The van der Waals surface area contributed by atoms with E-state index in [1.54, 1.807) is 7.11 Å². The number of piperidine rings is 1. The van der Waals surface area contributed by atoms with Gasteiger partial charge in [-0.05, 0) is 43.4 Å². The predicted octanol–water partition coefficient (Wildman–Crippen LogP) is 1.92. The zero-order valence-corrected chi connectivity index (χ0v) is 15.4. The number of likely N-dealkylation sites (tertiary alicyclic amines) is 2. The number of benzene rings is 1. The summed E-state index contributed by atoms with van der Waals surface area (Å²) in [6.45, 7) is 3.72. The van der Waals surface area contributed by atoms with Crippen LogP contribution in [0.25, 0.3) is 0 Å². The molecule has 26 heavy (non-hydrogen) atoms. The maximum absolute atomic E-state index is 13.2. The highest BCUT2D eigenvalue weighted by Gasteiger charge is 2.50. The van der Waals surface area contributed by atoms with Crippen molar-refractivity contribution in [1.82, 2.24) is 9.80 Å². The van der Waals surface area contributed by atoms with Crippen molar-refractivity contribution in [2.24, 2.45) is 0 Å². The van der Waals surface area contributed by atoms with E-state index in [4.69, 9.17) is 9.84 Å². The third-order valence-corrected chi connectivity index (χ3v) is 5.64. The Morgan fingerprint density at radius 2 is 1.81 bits per heavy atom. The molecule has 2 heterocycles. The fraction of sp³-hybridized carbons (Fsp3) is 0.600. The van der Waals surface area contributed by atoms with Crippen LogP contribution in [0.1, 0.15) is 36.8 Å². The molecule has 0 aliphatic carbocycles. The van der Waals surface area contributed by atoms with Gasteiger partial charge in [-0.3, -0.25) is 14.5 Å². The summed E-state index contributed by atoms with van der Waals surface area (Å²) in [6.07, 6.45) is 3.96. The maximum atomic E-state index is 13.2. The van der Waals surface area contributed by atoms with Crippen molar-refractivity contribution in [2.75, 3.05) is 33.4 Å². The number of rotatable bonds is 7. The van der Waals surface area contributed by atoms with Crippen LogP contribution in [0, 0.1) is 0 Å². The molecule has 1 N–H and O–H groups in total. The summed E-state index contributed by atoms with van der Waals surface area (Å²) >= 11 is 0. The van der Waals surface area contributed by atoms with Crippen LogP contribution in [-0.4, -0.2) is 65.7 Å². The van der Waals surface area contributed by atoms with Gasteiger partial charge in [-0.2, -0.15) is 0 Å². The topological polar surface area (TPSA) is 70.1 Å². The first-order valence-electron chi connectivity index (χ1n) is 9.38. The van der Waals surface area contributed by atoms with Gasteiger partial charge in [-0.25, -0.2) is 0 Å². The lowest BCUT2D eigenvalue weighted by Crippen LogP contribution is -2.60. The fourth-order valence-electron chi connectivity index (χ4n) is 4.33. The largest absolute Gasteiger partial charge is 0.481 e. The van der Waals surface area contributed by atoms with Crippen molar-refractivity contribution < 1.29 is 19.4 Å². The summed E-state index contributed by atoms with van der Waals surface area (Å²) in [5.41, 5.74) is 1.56. The standard InChI is InChI=1S/C20H28N2O4/c1-26-13-12-21-10-2-8-20(19(21)25)9-3-11-22(20)15-17-6-4-16(5-7-17)14-18(23)24/h4-7H,2-3,8-15H2,1H3,(H,23,24). The molecular formula is C20H28N2O4. The number of carboxylic acids is 1. The van der Waals surface area contributed by atoms with Gasteiger partial charge in [0.15, 0.2) is 0 Å². The minimum atomic E-state index is -0.819. The van der Waals surface area contributed by atoms with Crippen molar-refractivity contribution in [1.29, 1.82) is 0 Å². The molecule has 0 aromatic heterocycles. The minimum absolute atomic E-state index is 0.0425. The molecule has 3 rings (SSSR count). The van der Waals surface area contributed by atoms with E-state index in [9.17, 15) is 9.59 Å². The van der Waals surface area contributed by atoms with Gasteiger partial charge in [-0.15, -0.1) is 0 Å². The molecule has 1 spiro atoms. The Morgan fingerprint density at radius 1 is 1.15 bits per heavy atom. The van der Waals surface area contributed by atoms with E-state index >= 15 is 0 Å². The van der Waals surface area contributed by atoms with E-state index in [2.05, 4.69) is 4.90 Å². The van der Waals surface area contributed by atoms with Crippen molar-refractivity contribution in [2.45, 2.75) is 44.2 Å². The monoisotopic (exact) mass is 360 g/mol. The van der Waals surface area contributed by atoms with Gasteiger partial charge in [0, 0.05) is 26.7 Å². The Labute approximate surface area is 154 Å². The zero-order valence-electron chi connectivity index (χ0n) is 15.4. The van der Waals surface area contributed by atoms with Crippen LogP contribution < -0.4 is 0 Å². The second-order valence-corrected chi connectivity index (χ2v) is 7.33. The summed E-state index contributed by atoms with van der Waals surface area (Å²) < 4.78 is 5.16. The average Bonchev–Trinajstić information content (AvgIpc) is 3.01. The molecule has 1 aromatic carbocycles. The molecule has 142 valence electrons. The van der Waals surface area contributed by atoms with E-state index in [-0.39, 0.29) is 17.9 Å². The number of hydrogen-bond acceptors (Lipinski definition) is 4. The van der Waals surface area contributed by atoms with E-state index in [1.165, 1.54) is 0 Å². The molecule has 0 radical (unpaired) electrons. The van der Waals surface area contributed by atoms with Crippen LogP contribution in [0.5, 0.6) is 0 Å². The Kier molecular flexibility index (Phi) is 5.94. The predicted molar refractivity (Wildman–Crippen MR) is 97.8 cm³/mol. The fourth-order valence-corrected chi connectivity index (χ4v) is 4.33. The summed E-state index contributed by atoms with van der Waals surface area (Å²) in [5, 5.41) is 8.89. The molecule has 1 atom stereocenters. The normalized spacial score (nSPS) is 23.7. The van der Waals surface area contributed by atoms with Crippen LogP contribution in [0.15, 0.2) is 24.3 Å². The number of methoxy groups -OCH3 is 1. The SMILES string of the molecule is COCCN1CCCC2(CCCN2Cc2ccc(CC(=O)O)cc2)C1=O. The number of carboxylic acid groups (broad SMARTS) is 1. The number of aliphatic carboxylic acids is 1. The van der Waals surface area contributed by atoms with Gasteiger partial charge in [0.25, 0.3) is 0 Å². The Bertz CT molecular complexity index is 646. The smallest absolute Gasteiger partial charge is 0.307 e. The molecule has 1 amide bonds. The first-order chi connectivity index (χ1) is 12.5. The highest BCUT2D eigenvalue weighted by molar-refractivity contribution is 5.87. The lowest BCUT2D eigenvalue weighted by atomic mass is 9.85. The molecular weight excluding hydrogens is 332 g/mol. The molecule has 0 saturated carbocycles. The molecule has 0 bridgehead atoms. The van der Waals surface area contributed by atoms with Crippen LogP contribution in [-0.2, 0) is 27.3 Å². The number of hydrogen-bond donors (Lipinski definition) is 1. The molecule has 2 aliphatic heterocycles. The molecule has 2 fully saturated rings. The molecule has 2 saturated heterocycles. The highest BCUT2D eigenvalue weighted by Crippen LogP contribution is 2.39. The number of carbonyl (C=O) groups is 2. The van der Waals surface area contributed by atoms with Gasteiger partial charge >= 0.3 is 5.97 Å². The quantitative estimate of drug-likeness (QED) is 0.804. The third kappa shape index (κ3) is 3.91. The van der Waals surface area contributed by atoms with Gasteiger partial charge in [0.05, 0.1) is 13.0 Å². The number of nitrogens with zero attached hydrogens (tertiary/aromatic N) is 2. The van der Waals surface area contributed by atoms with Gasteiger partial charge < -0.3 is 14.7 Å². The van der Waals surface area contributed by atoms with Crippen molar-refractivity contribution >= 4 is 11.9 Å². The molecule has 6 heteroatoms. The molecule has 1 unspecified atom stereocenters. The van der Waals surface area contributed by atoms with Crippen molar-refractivity contribution in [3.63, 3.8) is 0 Å². The highest BCUT2D eigenvalue weighted by atomic mass is 16.5. The molecule has 1 aromatic rings. The van der Waals surface area contributed by atoms with Crippen molar-refractivity contribution in [3.05, 3.63) is 35.4 Å². The van der Waals surface area contributed by atoms with Gasteiger partial charge in [0.1, 0.15) is 5.54 Å². The molecule has 6 nitrogen and oxygen atoms in total. The minimum Gasteiger partial charge on any atom is -0.481 e. The lowest BCUT2D eigenvalue weighted by Gasteiger charge is -2.44. The van der Waals surface area contributed by atoms with Crippen LogP contribution >= 0.6 is 0 Å². The first kappa shape index (κ1) is 18.9. The van der Waals surface area contributed by atoms with Crippen molar-refractivity contribution in [3.8, 4) is 0 Å². The Morgan fingerprint density at radius 3 is 2.46 bits per heavy atom. The maximum Gasteiger partial charge on any atom is 0.307 e. The summed E-state index contributed by atoms with van der Waals surface area (Å²) in [7, 11) is 1.67. The summed E-state index contributed by atoms with van der Waals surface area (Å²) in [6, 6.07) is 7.72. The van der Waals surface area contributed by atoms with Gasteiger partial charge in [0.2, 0.25) is 5.91 Å². The summed E-state index contributed by atoms with van der Waals surface area (Å²) in [4.78, 5) is 28.3. The Hall–Kier alpha value is -1.92. The van der Waals surface area contributed by atoms with E-state index in [1.807, 2.05) is 29.2 Å². The lowest BCUT2D eigenvalue weighted by molar-refractivity contribution is -0.148. The Balaban J connectivity index is 1.71. The van der Waals surface area contributed by atoms with Crippen LogP contribution in [0.4, 0.5) is 0 Å². The first-order valence-corrected chi connectivity index (χ1v) is 9.38. The van der Waals surface area contributed by atoms with E-state index in [0.717, 1.165) is 56.4 Å². The van der Waals surface area contributed by atoms with Crippen LogP contribution in [0.3, 0.4) is 0 Å². The van der Waals surface area contributed by atoms with Crippen LogP contribution in [0.2, 0.25) is 0 Å². The van der Waals surface area contributed by atoms with E-state index in [0.29, 0.717) is 13.2 Å². The average molecular weight is 360 g/mol. The van der Waals surface area contributed by atoms with E-state index < -0.39 is 5.97 Å². The molecule has 2 aliphatic rings. The number of amides is 1. The zero-order chi connectivity index (χ0) is 18.6. The second kappa shape index (κ2) is 8.18.